The lowest BCUT2D eigenvalue weighted by molar-refractivity contribution is 0.0691. The van der Waals surface area contributed by atoms with Crippen molar-refractivity contribution in [2.45, 2.75) is 19.8 Å². The number of carbonyl (C=O) groups is 1. The van der Waals surface area contributed by atoms with E-state index in [4.69, 9.17) is 0 Å². The number of hydrogen-bond donors (Lipinski definition) is 0. The number of hydrogen-bond acceptors (Lipinski definition) is 2. The van der Waals surface area contributed by atoms with E-state index in [-0.39, 0.29) is 11.7 Å². The molecule has 1 fully saturated rings. The van der Waals surface area contributed by atoms with Gasteiger partial charge in [-0.25, -0.2) is 9.37 Å². The van der Waals surface area contributed by atoms with E-state index in [1.54, 1.807) is 18.2 Å². The highest BCUT2D eigenvalue weighted by atomic mass is 19.1. The summed E-state index contributed by atoms with van der Waals surface area (Å²) in [6.07, 6.45) is 2.09. The van der Waals surface area contributed by atoms with Crippen LogP contribution in [0.3, 0.4) is 0 Å². The average Bonchev–Trinajstić information content (AvgIpc) is 2.56. The highest BCUT2D eigenvalue weighted by Crippen LogP contribution is 2.20. The SMILES string of the molecule is CC1CCN(C(=O)c2cccc(-c3ccc(F)cc3)n2)CC1. The van der Waals surface area contributed by atoms with Gasteiger partial charge < -0.3 is 4.90 Å². The third-order valence-corrected chi connectivity index (χ3v) is 4.18. The predicted molar refractivity (Wildman–Crippen MR) is 83.9 cm³/mol. The first-order valence-electron chi connectivity index (χ1n) is 7.66. The molecule has 3 rings (SSSR count). The molecule has 114 valence electrons. The smallest absolute Gasteiger partial charge is 0.272 e. The number of rotatable bonds is 2. The van der Waals surface area contributed by atoms with Gasteiger partial charge in [-0.15, -0.1) is 0 Å². The van der Waals surface area contributed by atoms with Crippen molar-refractivity contribution >= 4 is 5.91 Å². The van der Waals surface area contributed by atoms with Gasteiger partial charge in [0.2, 0.25) is 0 Å². The van der Waals surface area contributed by atoms with E-state index in [2.05, 4.69) is 11.9 Å². The molecule has 2 aromatic rings. The number of amides is 1. The lowest BCUT2D eigenvalue weighted by Crippen LogP contribution is -2.38. The molecule has 0 bridgehead atoms. The molecular weight excluding hydrogens is 279 g/mol. The fraction of sp³-hybridized carbons (Fsp3) is 0.333. The lowest BCUT2D eigenvalue weighted by atomic mass is 9.99. The molecule has 1 aliphatic heterocycles. The van der Waals surface area contributed by atoms with Crippen molar-refractivity contribution in [2.75, 3.05) is 13.1 Å². The van der Waals surface area contributed by atoms with Crippen molar-refractivity contribution in [3.63, 3.8) is 0 Å². The molecule has 0 atom stereocenters. The van der Waals surface area contributed by atoms with Crippen LogP contribution in [0.25, 0.3) is 11.3 Å². The normalized spacial score (nSPS) is 15.8. The van der Waals surface area contributed by atoms with Crippen molar-refractivity contribution in [3.05, 3.63) is 54.0 Å². The first kappa shape index (κ1) is 14.7. The van der Waals surface area contributed by atoms with Gasteiger partial charge in [0.15, 0.2) is 0 Å². The van der Waals surface area contributed by atoms with Crippen molar-refractivity contribution in [1.29, 1.82) is 0 Å². The van der Waals surface area contributed by atoms with Crippen molar-refractivity contribution in [1.82, 2.24) is 9.88 Å². The molecule has 0 radical (unpaired) electrons. The lowest BCUT2D eigenvalue weighted by Gasteiger charge is -2.30. The minimum absolute atomic E-state index is 0.0177. The number of piperidine rings is 1. The standard InChI is InChI=1S/C18H19FN2O/c1-13-9-11-21(12-10-13)18(22)17-4-2-3-16(20-17)14-5-7-15(19)8-6-14/h2-8,13H,9-12H2,1H3. The van der Waals surface area contributed by atoms with Gasteiger partial charge in [-0.05, 0) is 55.2 Å². The van der Waals surface area contributed by atoms with Crippen molar-refractivity contribution in [3.8, 4) is 11.3 Å². The Morgan fingerprint density at radius 1 is 1.14 bits per heavy atom. The van der Waals surface area contributed by atoms with E-state index in [1.807, 2.05) is 17.0 Å². The summed E-state index contributed by atoms with van der Waals surface area (Å²) in [5.74, 6) is 0.386. The molecule has 1 aromatic heterocycles. The van der Waals surface area contributed by atoms with Crippen LogP contribution in [0, 0.1) is 11.7 Å². The number of likely N-dealkylation sites (tertiary alicyclic amines) is 1. The number of pyridine rings is 1. The predicted octanol–water partition coefficient (Wildman–Crippen LogP) is 3.76. The monoisotopic (exact) mass is 298 g/mol. The number of benzene rings is 1. The summed E-state index contributed by atoms with van der Waals surface area (Å²) in [6.45, 7) is 3.81. The number of carbonyl (C=O) groups excluding carboxylic acids is 1. The zero-order valence-corrected chi connectivity index (χ0v) is 12.6. The highest BCUT2D eigenvalue weighted by Gasteiger charge is 2.22. The van der Waals surface area contributed by atoms with Gasteiger partial charge in [-0.2, -0.15) is 0 Å². The molecule has 0 spiro atoms. The van der Waals surface area contributed by atoms with E-state index < -0.39 is 0 Å². The quantitative estimate of drug-likeness (QED) is 0.846. The molecule has 0 aliphatic carbocycles. The van der Waals surface area contributed by atoms with Gasteiger partial charge in [0.25, 0.3) is 5.91 Å². The molecule has 0 unspecified atom stereocenters. The van der Waals surface area contributed by atoms with Crippen LogP contribution in [0.15, 0.2) is 42.5 Å². The Kier molecular flexibility index (Phi) is 4.18. The molecule has 3 nitrogen and oxygen atoms in total. The molecule has 1 amide bonds. The summed E-state index contributed by atoms with van der Waals surface area (Å²) in [5, 5.41) is 0. The Hall–Kier alpha value is -2.23. The molecule has 1 aliphatic rings. The maximum absolute atomic E-state index is 13.0. The molecule has 1 aromatic carbocycles. The van der Waals surface area contributed by atoms with Crippen molar-refractivity contribution < 1.29 is 9.18 Å². The summed E-state index contributed by atoms with van der Waals surface area (Å²) in [5.41, 5.74) is 1.95. The highest BCUT2D eigenvalue weighted by molar-refractivity contribution is 5.92. The van der Waals surface area contributed by atoms with Crippen LogP contribution in [0.1, 0.15) is 30.3 Å². The van der Waals surface area contributed by atoms with Gasteiger partial charge in [0.1, 0.15) is 11.5 Å². The summed E-state index contributed by atoms with van der Waals surface area (Å²) < 4.78 is 13.0. The number of aromatic nitrogens is 1. The van der Waals surface area contributed by atoms with Crippen LogP contribution in [-0.4, -0.2) is 28.9 Å². The first-order valence-corrected chi connectivity index (χ1v) is 7.66. The Labute approximate surface area is 129 Å². The molecule has 22 heavy (non-hydrogen) atoms. The van der Waals surface area contributed by atoms with Gasteiger partial charge in [0.05, 0.1) is 5.69 Å². The van der Waals surface area contributed by atoms with Gasteiger partial charge >= 0.3 is 0 Å². The maximum atomic E-state index is 13.0. The Morgan fingerprint density at radius 3 is 2.50 bits per heavy atom. The number of halogens is 1. The van der Waals surface area contributed by atoms with Crippen LogP contribution in [0.4, 0.5) is 4.39 Å². The largest absolute Gasteiger partial charge is 0.337 e. The van der Waals surface area contributed by atoms with Crippen LogP contribution < -0.4 is 0 Å². The van der Waals surface area contributed by atoms with Crippen LogP contribution >= 0.6 is 0 Å². The van der Waals surface area contributed by atoms with E-state index in [9.17, 15) is 9.18 Å². The second-order valence-electron chi connectivity index (χ2n) is 5.89. The van der Waals surface area contributed by atoms with Gasteiger partial charge in [0, 0.05) is 18.7 Å². The Bertz CT molecular complexity index is 661. The molecule has 1 saturated heterocycles. The Morgan fingerprint density at radius 2 is 1.82 bits per heavy atom. The van der Waals surface area contributed by atoms with Gasteiger partial charge in [-0.1, -0.05) is 13.0 Å². The second-order valence-corrected chi connectivity index (χ2v) is 5.89. The molecule has 4 heteroatoms. The summed E-state index contributed by atoms with van der Waals surface area (Å²) in [7, 11) is 0. The molecule has 0 N–H and O–H groups in total. The van der Waals surface area contributed by atoms with Gasteiger partial charge in [-0.3, -0.25) is 4.79 Å². The van der Waals surface area contributed by atoms with Crippen LogP contribution in [-0.2, 0) is 0 Å². The second kappa shape index (κ2) is 6.26. The van der Waals surface area contributed by atoms with Crippen LogP contribution in [0.2, 0.25) is 0 Å². The fourth-order valence-corrected chi connectivity index (χ4v) is 2.71. The third-order valence-electron chi connectivity index (χ3n) is 4.18. The van der Waals surface area contributed by atoms with Crippen molar-refractivity contribution in [2.24, 2.45) is 5.92 Å². The Balaban J connectivity index is 1.81. The summed E-state index contributed by atoms with van der Waals surface area (Å²) in [4.78, 5) is 18.9. The minimum atomic E-state index is -0.279. The summed E-state index contributed by atoms with van der Waals surface area (Å²) >= 11 is 0. The molecular formula is C18H19FN2O. The van der Waals surface area contributed by atoms with E-state index in [1.165, 1.54) is 12.1 Å². The first-order chi connectivity index (χ1) is 10.6. The topological polar surface area (TPSA) is 33.2 Å². The molecule has 0 saturated carbocycles. The number of nitrogens with zero attached hydrogens (tertiary/aromatic N) is 2. The maximum Gasteiger partial charge on any atom is 0.272 e. The zero-order valence-electron chi connectivity index (χ0n) is 12.6. The van der Waals surface area contributed by atoms with E-state index in [0.29, 0.717) is 17.3 Å². The third kappa shape index (κ3) is 3.16. The minimum Gasteiger partial charge on any atom is -0.337 e. The fourth-order valence-electron chi connectivity index (χ4n) is 2.71. The van der Waals surface area contributed by atoms with Crippen LogP contribution in [0.5, 0.6) is 0 Å². The van der Waals surface area contributed by atoms with E-state index >= 15 is 0 Å². The summed E-state index contributed by atoms with van der Waals surface area (Å²) in [6, 6.07) is 11.6. The molecule has 2 heterocycles. The van der Waals surface area contributed by atoms with E-state index in [0.717, 1.165) is 31.5 Å². The average molecular weight is 298 g/mol. The zero-order chi connectivity index (χ0) is 15.5.